The number of phosphoric ester groups is 3. The van der Waals surface area contributed by atoms with Gasteiger partial charge in [0.25, 0.3) is 48.4 Å². The van der Waals surface area contributed by atoms with Crippen LogP contribution in [0.5, 0.6) is 0 Å². The molecule has 9 heterocycles. The number of nitrogens with two attached hydrogens (primary N) is 2. The summed E-state index contributed by atoms with van der Waals surface area (Å²) in [5.74, 6) is -0.389. The average molecular weight is 1160 g/mol. The van der Waals surface area contributed by atoms with E-state index in [1.165, 1.54) is 27.1 Å². The second-order valence-corrected chi connectivity index (χ2v) is 23.4. The van der Waals surface area contributed by atoms with Gasteiger partial charge in [-0.3, -0.25) is 51.5 Å². The molecular formula is C35H45N12O25P4-3. The van der Waals surface area contributed by atoms with Crippen molar-refractivity contribution < 1.29 is 108 Å². The van der Waals surface area contributed by atoms with Gasteiger partial charge in [0.15, 0.2) is 30.2 Å². The van der Waals surface area contributed by atoms with Gasteiger partial charge >= 0.3 is 11.3 Å². The molecule has 418 valence electrons. The van der Waals surface area contributed by atoms with E-state index in [1.54, 1.807) is 13.8 Å². The van der Waals surface area contributed by atoms with E-state index in [1.807, 2.05) is 4.98 Å². The average Bonchev–Trinajstić information content (AvgIpc) is 4.22. The highest BCUT2D eigenvalue weighted by atomic mass is 31.3. The fourth-order valence-electron chi connectivity index (χ4n) is 8.95. The zero-order valence-corrected chi connectivity index (χ0v) is 43.0. The Kier molecular flexibility index (Phi) is 15.4. The number of phosphoric acid groups is 4. The van der Waals surface area contributed by atoms with Crippen LogP contribution in [0.4, 0.5) is 11.8 Å². The maximum absolute atomic E-state index is 13.7. The third-order valence-electron chi connectivity index (χ3n) is 12.0. The Balaban J connectivity index is 0.883. The molecule has 76 heavy (non-hydrogen) atoms. The molecule has 4 fully saturated rings. The Morgan fingerprint density at radius 3 is 2.26 bits per heavy atom. The maximum atomic E-state index is 13.7. The lowest BCUT2D eigenvalue weighted by atomic mass is 10.0. The molecule has 9 rings (SSSR count). The molecule has 8 N–H and O–H groups in total. The van der Waals surface area contributed by atoms with Gasteiger partial charge in [-0.25, -0.2) is 32.9 Å². The molecule has 4 aliphatic rings. The number of aliphatic hydroxyl groups excluding tert-OH is 2. The number of aliphatic hydroxyl groups is 2. The first-order chi connectivity index (χ1) is 35.6. The van der Waals surface area contributed by atoms with Crippen molar-refractivity contribution in [3.05, 3.63) is 62.4 Å². The summed E-state index contributed by atoms with van der Waals surface area (Å²) in [6.45, 7) is -1.03. The zero-order valence-electron chi connectivity index (χ0n) is 39.4. The first kappa shape index (κ1) is 56.1. The minimum Gasteiger partial charge on any atom is -0.756 e. The van der Waals surface area contributed by atoms with Crippen LogP contribution in [0.1, 0.15) is 32.5 Å². The number of nitrogen functional groups attached to an aromatic ring is 2. The largest absolute Gasteiger partial charge is 0.756 e. The van der Waals surface area contributed by atoms with Gasteiger partial charge in [0.1, 0.15) is 66.3 Å². The standard InChI is InChI=1S/C35H48N12O25P4/c1-14(2)66-23-16(68-30(21(23)50)45-6-5-17(48)41-34(45)52)8-63-73(53,54)70-25-24-32(46-12-40-18-26(36)38-11-39-27(18)46)69-35(25,9-62-24)10-65-75(57,58)72-76(59,60)71-74(55,56)64-7-15-22(61-4)20(49)31(67-15)47-13-44(3)19-28(47)42-33(37)43-29(19)51/h5-6,11-16,20-25,30-32,49-50H,7-10H2,1-4H3,(H9-,36,37,38,39,41,42,43,48,51,52,53,54,55,56,57,58,59,60)/p-3/t15-,16-,20?,21?,22+,23+,24?,25-,30-,31-,32-,35-/m1/s1. The van der Waals surface area contributed by atoms with Crippen molar-refractivity contribution in [2.24, 2.45) is 7.05 Å². The highest BCUT2D eigenvalue weighted by Crippen LogP contribution is 2.64. The van der Waals surface area contributed by atoms with Crippen molar-refractivity contribution in [3.8, 4) is 0 Å². The monoisotopic (exact) mass is 1160 g/mol. The number of ether oxygens (including phenoxy) is 6. The van der Waals surface area contributed by atoms with E-state index in [0.717, 1.165) is 36.6 Å². The second-order valence-electron chi connectivity index (χ2n) is 17.5. The van der Waals surface area contributed by atoms with E-state index >= 15 is 0 Å². The molecule has 5 aromatic rings. The molecule has 0 spiro atoms. The summed E-state index contributed by atoms with van der Waals surface area (Å²) < 4.78 is 120. The number of aromatic amines is 2. The minimum absolute atomic E-state index is 0.000673. The van der Waals surface area contributed by atoms with Gasteiger partial charge in [-0.05, 0) is 13.8 Å². The maximum Gasteiger partial charge on any atom is 0.330 e. The van der Waals surface area contributed by atoms with Crippen molar-refractivity contribution in [2.45, 2.75) is 93.1 Å². The lowest BCUT2D eigenvalue weighted by Gasteiger charge is -2.37. The van der Waals surface area contributed by atoms with Crippen LogP contribution in [-0.2, 0) is 80.4 Å². The highest BCUT2D eigenvalue weighted by Gasteiger charge is 2.65. The van der Waals surface area contributed by atoms with Gasteiger partial charge in [0.05, 0.1) is 45.9 Å². The summed E-state index contributed by atoms with van der Waals surface area (Å²) in [6.07, 6.45) is -12.9. The SMILES string of the molecule is CO[C@@H]1C(O)[C@H]([n+]2cn(C)c3c(=O)[nH]c(N)nc32)O[C@@H]1COP(=O)([O-])OP(=O)([O-])OP(=O)([O-])OC[C@@]12COC([C@H](n3cnc4c(N)ncnc43)O1)[C@H]2OP(=O)([O-])OC[C@H]1O[C@@H](n2ccc(=O)[nH]c2=O)C(O)[C@H]1OC(C)C. The number of imidazole rings is 2. The summed E-state index contributed by atoms with van der Waals surface area (Å²) in [5, 5.41) is 22.2. The van der Waals surface area contributed by atoms with Gasteiger partial charge in [-0.15, -0.1) is 0 Å². The van der Waals surface area contributed by atoms with Crippen LogP contribution in [0, 0.1) is 0 Å². The molecule has 0 amide bonds. The summed E-state index contributed by atoms with van der Waals surface area (Å²) >= 11 is 0. The molecule has 7 unspecified atom stereocenters. The lowest BCUT2D eigenvalue weighted by Crippen LogP contribution is -2.46. The minimum atomic E-state index is -6.57. The Hall–Kier alpha value is -4.62. The highest BCUT2D eigenvalue weighted by molar-refractivity contribution is 7.65. The molecule has 37 nitrogen and oxygen atoms in total. The van der Waals surface area contributed by atoms with Crippen molar-refractivity contribution in [2.75, 3.05) is 45.0 Å². The van der Waals surface area contributed by atoms with Gasteiger partial charge < -0.3 is 87.8 Å². The third kappa shape index (κ3) is 11.2. The number of aromatic nitrogens is 10. The number of H-pyrrole nitrogens is 2. The van der Waals surface area contributed by atoms with Crippen LogP contribution < -0.4 is 52.4 Å². The number of fused-ring (bicyclic) bond motifs is 4. The Bertz CT molecular complexity index is 3390. The predicted octanol–water partition coefficient (Wildman–Crippen LogP) is -5.56. The summed E-state index contributed by atoms with van der Waals surface area (Å²) in [7, 11) is -22.2. The summed E-state index contributed by atoms with van der Waals surface area (Å²) in [4.78, 5) is 110. The van der Waals surface area contributed by atoms with Gasteiger partial charge in [0.2, 0.25) is 11.7 Å². The van der Waals surface area contributed by atoms with Gasteiger partial charge in [-0.2, -0.15) is 0 Å². The molecule has 16 atom stereocenters. The van der Waals surface area contributed by atoms with Crippen molar-refractivity contribution in [1.82, 2.24) is 43.6 Å². The van der Waals surface area contributed by atoms with Gasteiger partial charge in [0, 0.05) is 19.4 Å². The molecule has 2 bridgehead atoms. The topological polar surface area (TPSA) is 517 Å². The molecule has 5 aromatic heterocycles. The molecule has 4 saturated heterocycles. The number of rotatable bonds is 21. The van der Waals surface area contributed by atoms with Crippen molar-refractivity contribution in [1.29, 1.82) is 0 Å². The summed E-state index contributed by atoms with van der Waals surface area (Å²) in [6, 6.07) is 0.970. The Morgan fingerprint density at radius 2 is 1.58 bits per heavy atom. The first-order valence-electron chi connectivity index (χ1n) is 22.0. The number of hydrogen-bond acceptors (Lipinski definition) is 31. The van der Waals surface area contributed by atoms with E-state index in [9.17, 15) is 62.4 Å². The third-order valence-corrected chi connectivity index (χ3v) is 17.1. The van der Waals surface area contributed by atoms with Crippen LogP contribution in [-0.4, -0.2) is 148 Å². The fourth-order valence-corrected chi connectivity index (χ4v) is 13.4. The van der Waals surface area contributed by atoms with E-state index in [4.69, 9.17) is 53.5 Å². The van der Waals surface area contributed by atoms with Crippen LogP contribution >= 0.6 is 31.3 Å². The number of nitrogens with one attached hydrogen (secondary N) is 2. The zero-order chi connectivity index (χ0) is 55.0. The van der Waals surface area contributed by atoms with Crippen molar-refractivity contribution in [3.63, 3.8) is 0 Å². The molecule has 4 aliphatic heterocycles. The summed E-state index contributed by atoms with van der Waals surface area (Å²) in [5.41, 5.74) is 6.86. The van der Waals surface area contributed by atoms with Crippen LogP contribution in [0.2, 0.25) is 0 Å². The van der Waals surface area contributed by atoms with E-state index < -0.39 is 154 Å². The Labute approximate surface area is 423 Å². The predicted molar refractivity (Wildman–Crippen MR) is 236 cm³/mol. The van der Waals surface area contributed by atoms with E-state index in [0.29, 0.717) is 0 Å². The Morgan fingerprint density at radius 1 is 0.895 bits per heavy atom. The van der Waals surface area contributed by atoms with Crippen molar-refractivity contribution >= 4 is 65.4 Å². The second kappa shape index (κ2) is 20.9. The fraction of sp³-hybridized carbons (Fsp3) is 0.600. The van der Waals surface area contributed by atoms with E-state index in [2.05, 4.69) is 38.1 Å². The number of nitrogens with zero attached hydrogens (tertiary/aromatic N) is 8. The molecule has 41 heteroatoms. The number of methoxy groups -OCH3 is 1. The number of anilines is 2. The van der Waals surface area contributed by atoms with E-state index in [-0.39, 0.29) is 34.1 Å². The number of hydrogen-bond donors (Lipinski definition) is 6. The van der Waals surface area contributed by atoms with Crippen LogP contribution in [0.3, 0.4) is 0 Å². The quantitative estimate of drug-likeness (QED) is 0.0295. The normalized spacial score (nSPS) is 31.8. The first-order valence-corrected chi connectivity index (χ1v) is 27.9. The molecule has 0 aliphatic carbocycles. The lowest BCUT2D eigenvalue weighted by molar-refractivity contribution is -0.745. The number of aryl methyl sites for hydroxylation is 1. The van der Waals surface area contributed by atoms with Crippen LogP contribution in [0.15, 0.2) is 45.6 Å². The van der Waals surface area contributed by atoms with Crippen LogP contribution in [0.25, 0.3) is 22.3 Å². The van der Waals surface area contributed by atoms with Gasteiger partial charge in [-0.1, -0.05) is 4.98 Å². The molecule has 0 radical (unpaired) electrons. The smallest absolute Gasteiger partial charge is 0.330 e. The molecule has 0 saturated carbocycles. The molecule has 0 aromatic carbocycles. The molecular weight excluding hydrogens is 1110 g/mol.